The number of rotatable bonds is 3. The highest BCUT2D eigenvalue weighted by molar-refractivity contribution is 8.00. The number of thioether (sulfide) groups is 1. The van der Waals surface area contributed by atoms with E-state index in [1.165, 1.54) is 5.56 Å². The first-order chi connectivity index (χ1) is 7.30. The Morgan fingerprint density at radius 1 is 1.19 bits per heavy atom. The van der Waals surface area contributed by atoms with Crippen molar-refractivity contribution in [3.8, 4) is 0 Å². The van der Waals surface area contributed by atoms with Gasteiger partial charge in [0.1, 0.15) is 5.78 Å². The van der Waals surface area contributed by atoms with E-state index in [0.29, 0.717) is 0 Å². The number of benzene rings is 1. The Labute approximate surface area is 103 Å². The monoisotopic (exact) mass is 236 g/mol. The highest BCUT2D eigenvalue weighted by Crippen LogP contribution is 2.27. The lowest BCUT2D eigenvalue weighted by Crippen LogP contribution is -2.11. The normalized spacial score (nSPS) is 13.6. The quantitative estimate of drug-likeness (QED) is 0.736. The fourth-order valence-electron chi connectivity index (χ4n) is 1.32. The molecule has 0 aliphatic heterocycles. The Hall–Kier alpha value is -0.760. The van der Waals surface area contributed by atoms with Crippen molar-refractivity contribution in [3.63, 3.8) is 0 Å². The van der Waals surface area contributed by atoms with Crippen molar-refractivity contribution in [3.05, 3.63) is 29.8 Å². The van der Waals surface area contributed by atoms with Crippen LogP contribution in [0.3, 0.4) is 0 Å². The maximum absolute atomic E-state index is 11.2. The summed E-state index contributed by atoms with van der Waals surface area (Å²) in [6, 6.07) is 8.50. The van der Waals surface area contributed by atoms with Crippen LogP contribution in [0, 0.1) is 0 Å². The van der Waals surface area contributed by atoms with Crippen LogP contribution in [-0.4, -0.2) is 11.0 Å². The van der Waals surface area contributed by atoms with E-state index in [-0.39, 0.29) is 16.4 Å². The number of carbonyl (C=O) groups excluding carboxylic acids is 1. The molecule has 0 aliphatic rings. The van der Waals surface area contributed by atoms with Gasteiger partial charge >= 0.3 is 0 Å². The summed E-state index contributed by atoms with van der Waals surface area (Å²) in [7, 11) is 0. The molecule has 0 aromatic heterocycles. The Kier molecular flexibility index (Phi) is 4.20. The lowest BCUT2D eigenvalue weighted by molar-refractivity contribution is -0.116. The highest BCUT2D eigenvalue weighted by atomic mass is 32.2. The van der Waals surface area contributed by atoms with Crippen molar-refractivity contribution in [2.45, 2.75) is 50.2 Å². The van der Waals surface area contributed by atoms with E-state index in [2.05, 4.69) is 45.0 Å². The third-order valence-electron chi connectivity index (χ3n) is 2.61. The molecule has 0 amide bonds. The highest BCUT2D eigenvalue weighted by Gasteiger charge is 2.14. The van der Waals surface area contributed by atoms with E-state index >= 15 is 0 Å². The molecule has 0 N–H and O–H groups in total. The molecule has 0 saturated carbocycles. The Balaban J connectivity index is 2.76. The molecule has 0 heterocycles. The van der Waals surface area contributed by atoms with Crippen molar-refractivity contribution in [1.82, 2.24) is 0 Å². The number of ketones is 1. The van der Waals surface area contributed by atoms with Crippen molar-refractivity contribution in [2.75, 3.05) is 0 Å². The summed E-state index contributed by atoms with van der Waals surface area (Å²) in [6.07, 6.45) is 0. The van der Waals surface area contributed by atoms with Gasteiger partial charge in [0.25, 0.3) is 0 Å². The van der Waals surface area contributed by atoms with E-state index < -0.39 is 0 Å². The smallest absolute Gasteiger partial charge is 0.142 e. The van der Waals surface area contributed by atoms with Crippen LogP contribution in [0.1, 0.15) is 40.2 Å². The maximum atomic E-state index is 11.2. The summed E-state index contributed by atoms with van der Waals surface area (Å²) in [6.45, 7) is 10.2. The lowest BCUT2D eigenvalue weighted by Gasteiger charge is -2.19. The SMILES string of the molecule is CC(=O)C(C)Sc1ccc(C(C)(C)C)cc1. The number of carbonyl (C=O) groups is 1. The minimum absolute atomic E-state index is 0.0421. The summed E-state index contributed by atoms with van der Waals surface area (Å²) >= 11 is 1.62. The Bertz CT molecular complexity index is 359. The summed E-state index contributed by atoms with van der Waals surface area (Å²) in [5, 5.41) is 0.0421. The zero-order valence-corrected chi connectivity index (χ0v) is 11.5. The summed E-state index contributed by atoms with van der Waals surface area (Å²) in [4.78, 5) is 12.3. The molecule has 88 valence electrons. The van der Waals surface area contributed by atoms with Crippen molar-refractivity contribution in [1.29, 1.82) is 0 Å². The zero-order valence-electron chi connectivity index (χ0n) is 10.7. The van der Waals surface area contributed by atoms with Gasteiger partial charge in [-0.25, -0.2) is 0 Å². The molecule has 16 heavy (non-hydrogen) atoms. The van der Waals surface area contributed by atoms with Gasteiger partial charge < -0.3 is 0 Å². The average Bonchev–Trinajstić information content (AvgIpc) is 2.17. The molecule has 1 aromatic carbocycles. The molecule has 0 bridgehead atoms. The third kappa shape index (κ3) is 3.67. The largest absolute Gasteiger partial charge is 0.299 e. The predicted octanol–water partition coefficient (Wildman–Crippen LogP) is 4.05. The standard InChI is InChI=1S/C14H20OS/c1-10(15)11(2)16-13-8-6-12(7-9-13)14(3,4)5/h6-9,11H,1-5H3. The van der Waals surface area contributed by atoms with E-state index in [1.807, 2.05) is 6.92 Å². The molecule has 0 fully saturated rings. The van der Waals surface area contributed by atoms with Crippen LogP contribution in [0.15, 0.2) is 29.2 Å². The van der Waals surface area contributed by atoms with Crippen molar-refractivity contribution in [2.24, 2.45) is 0 Å². The van der Waals surface area contributed by atoms with Crippen LogP contribution in [0.4, 0.5) is 0 Å². The van der Waals surface area contributed by atoms with Crippen molar-refractivity contribution < 1.29 is 4.79 Å². The molecule has 0 spiro atoms. The van der Waals surface area contributed by atoms with Gasteiger partial charge in [0.05, 0.1) is 5.25 Å². The van der Waals surface area contributed by atoms with Crippen LogP contribution >= 0.6 is 11.8 Å². The second-order valence-corrected chi connectivity index (χ2v) is 6.56. The Morgan fingerprint density at radius 2 is 1.69 bits per heavy atom. The molecule has 0 radical (unpaired) electrons. The zero-order chi connectivity index (χ0) is 12.3. The van der Waals surface area contributed by atoms with Gasteiger partial charge in [0, 0.05) is 4.90 Å². The molecule has 0 saturated heterocycles. The summed E-state index contributed by atoms with van der Waals surface area (Å²) in [5.74, 6) is 0.227. The van der Waals surface area contributed by atoms with E-state index in [4.69, 9.17) is 0 Å². The molecule has 1 nitrogen and oxygen atoms in total. The summed E-state index contributed by atoms with van der Waals surface area (Å²) in [5.41, 5.74) is 1.52. The van der Waals surface area contributed by atoms with E-state index in [9.17, 15) is 4.79 Å². The van der Waals surface area contributed by atoms with Gasteiger partial charge in [0.15, 0.2) is 0 Å². The number of hydrogen-bond donors (Lipinski definition) is 0. The van der Waals surface area contributed by atoms with Crippen LogP contribution in [0.2, 0.25) is 0 Å². The molecule has 2 heteroatoms. The van der Waals surface area contributed by atoms with E-state index in [1.54, 1.807) is 18.7 Å². The second-order valence-electron chi connectivity index (χ2n) is 5.15. The molecule has 1 atom stereocenters. The van der Waals surface area contributed by atoms with Crippen LogP contribution in [0.25, 0.3) is 0 Å². The van der Waals surface area contributed by atoms with Crippen LogP contribution in [-0.2, 0) is 10.2 Å². The first-order valence-corrected chi connectivity index (χ1v) is 6.46. The van der Waals surface area contributed by atoms with Gasteiger partial charge in [-0.1, -0.05) is 32.9 Å². The fraction of sp³-hybridized carbons (Fsp3) is 0.500. The second kappa shape index (κ2) is 5.05. The molecule has 0 aliphatic carbocycles. The van der Waals surface area contributed by atoms with Gasteiger partial charge in [-0.2, -0.15) is 0 Å². The minimum atomic E-state index is 0.0421. The predicted molar refractivity (Wildman–Crippen MR) is 71.1 cm³/mol. The van der Waals surface area contributed by atoms with Gasteiger partial charge in [-0.15, -0.1) is 11.8 Å². The maximum Gasteiger partial charge on any atom is 0.142 e. The fourth-order valence-corrected chi connectivity index (χ4v) is 2.19. The molecular formula is C14H20OS. The molecular weight excluding hydrogens is 216 g/mol. The third-order valence-corrected chi connectivity index (χ3v) is 3.84. The molecule has 1 rings (SSSR count). The van der Waals surface area contributed by atoms with Crippen LogP contribution < -0.4 is 0 Å². The number of hydrogen-bond acceptors (Lipinski definition) is 2. The van der Waals surface area contributed by atoms with Gasteiger partial charge in [-0.3, -0.25) is 4.79 Å². The minimum Gasteiger partial charge on any atom is -0.299 e. The topological polar surface area (TPSA) is 17.1 Å². The number of Topliss-reactive ketones (excluding diaryl/α,β-unsaturated/α-hetero) is 1. The Morgan fingerprint density at radius 3 is 2.06 bits per heavy atom. The average molecular weight is 236 g/mol. The van der Waals surface area contributed by atoms with Crippen molar-refractivity contribution >= 4 is 17.5 Å². The van der Waals surface area contributed by atoms with Crippen LogP contribution in [0.5, 0.6) is 0 Å². The lowest BCUT2D eigenvalue weighted by atomic mass is 9.87. The first-order valence-electron chi connectivity index (χ1n) is 5.58. The molecule has 1 unspecified atom stereocenters. The summed E-state index contributed by atoms with van der Waals surface area (Å²) < 4.78 is 0. The van der Waals surface area contributed by atoms with Gasteiger partial charge in [0.2, 0.25) is 0 Å². The first kappa shape index (κ1) is 13.3. The molecule has 1 aromatic rings. The van der Waals surface area contributed by atoms with Gasteiger partial charge in [-0.05, 0) is 37.0 Å². The van der Waals surface area contributed by atoms with E-state index in [0.717, 1.165) is 4.90 Å².